The summed E-state index contributed by atoms with van der Waals surface area (Å²) in [5.74, 6) is 1.11. The molecule has 1 aromatic carbocycles. The highest BCUT2D eigenvalue weighted by atomic mass is 16.5. The van der Waals surface area contributed by atoms with E-state index in [1.54, 1.807) is 0 Å². The largest absolute Gasteiger partial charge is 0.342 e. The lowest BCUT2D eigenvalue weighted by Crippen LogP contribution is -2.44. The Bertz CT molecular complexity index is 759. The van der Waals surface area contributed by atoms with Crippen molar-refractivity contribution >= 4 is 11.9 Å². The molecule has 3 heterocycles. The summed E-state index contributed by atoms with van der Waals surface area (Å²) in [7, 11) is 0. The number of piperidine rings is 2. The first-order chi connectivity index (χ1) is 12.7. The fourth-order valence-electron chi connectivity index (χ4n) is 3.97. The Morgan fingerprint density at radius 1 is 1.08 bits per heavy atom. The highest BCUT2D eigenvalue weighted by Crippen LogP contribution is 2.27. The first kappa shape index (κ1) is 17.1. The van der Waals surface area contributed by atoms with Crippen molar-refractivity contribution < 1.29 is 9.32 Å². The second-order valence-electron chi connectivity index (χ2n) is 7.36. The Kier molecular flexibility index (Phi) is 4.91. The van der Waals surface area contributed by atoms with E-state index in [0.717, 1.165) is 63.0 Å². The average molecular weight is 354 g/mol. The Hall–Kier alpha value is -2.37. The van der Waals surface area contributed by atoms with Crippen LogP contribution in [-0.4, -0.2) is 47.1 Å². The molecule has 0 radical (unpaired) electrons. The zero-order valence-electron chi connectivity index (χ0n) is 15.4. The molecule has 2 aliphatic rings. The van der Waals surface area contributed by atoms with Crippen LogP contribution >= 0.6 is 0 Å². The maximum Gasteiger partial charge on any atom is 0.324 e. The van der Waals surface area contributed by atoms with Gasteiger partial charge in [-0.3, -0.25) is 4.79 Å². The molecule has 2 aliphatic heterocycles. The minimum absolute atomic E-state index is 0.142. The average Bonchev–Trinajstić information content (AvgIpc) is 3.18. The van der Waals surface area contributed by atoms with Gasteiger partial charge in [0.2, 0.25) is 11.7 Å². The molecule has 0 unspecified atom stereocenters. The number of carbonyl (C=O) groups is 1. The number of hydrogen-bond acceptors (Lipinski definition) is 5. The summed E-state index contributed by atoms with van der Waals surface area (Å²) in [6, 6.07) is 8.60. The maximum absolute atomic E-state index is 12.7. The minimum atomic E-state index is 0.142. The molecule has 0 spiro atoms. The lowest BCUT2D eigenvalue weighted by molar-refractivity contribution is -0.137. The van der Waals surface area contributed by atoms with Gasteiger partial charge in [0.05, 0.1) is 0 Å². The van der Waals surface area contributed by atoms with E-state index in [9.17, 15) is 4.79 Å². The number of amides is 1. The highest BCUT2D eigenvalue weighted by molar-refractivity contribution is 5.79. The van der Waals surface area contributed by atoms with Gasteiger partial charge < -0.3 is 14.3 Å². The first-order valence-corrected chi connectivity index (χ1v) is 9.66. The van der Waals surface area contributed by atoms with E-state index in [0.29, 0.717) is 17.7 Å². The quantitative estimate of drug-likeness (QED) is 0.846. The third kappa shape index (κ3) is 3.45. The molecule has 1 aromatic heterocycles. The van der Waals surface area contributed by atoms with Crippen molar-refractivity contribution in [3.63, 3.8) is 0 Å². The number of anilines is 1. The fourth-order valence-corrected chi connectivity index (χ4v) is 3.97. The molecule has 0 atom stereocenters. The van der Waals surface area contributed by atoms with Gasteiger partial charge in [-0.05, 0) is 44.6 Å². The Balaban J connectivity index is 1.38. The number of benzene rings is 1. The van der Waals surface area contributed by atoms with Crippen molar-refractivity contribution in [1.82, 2.24) is 15.0 Å². The highest BCUT2D eigenvalue weighted by Gasteiger charge is 2.30. The summed E-state index contributed by atoms with van der Waals surface area (Å²) in [4.78, 5) is 21.4. The van der Waals surface area contributed by atoms with Crippen molar-refractivity contribution in [2.24, 2.45) is 5.92 Å². The van der Waals surface area contributed by atoms with E-state index in [1.807, 2.05) is 31.2 Å². The van der Waals surface area contributed by atoms with Crippen LogP contribution in [0.15, 0.2) is 28.8 Å². The Labute approximate surface area is 154 Å². The summed E-state index contributed by atoms with van der Waals surface area (Å²) in [6.45, 7) is 5.49. The summed E-state index contributed by atoms with van der Waals surface area (Å²) in [6.07, 6.45) is 5.26. The molecule has 2 aromatic rings. The summed E-state index contributed by atoms with van der Waals surface area (Å²) in [5, 5.41) is 4.15. The van der Waals surface area contributed by atoms with Crippen LogP contribution in [0.25, 0.3) is 11.4 Å². The van der Waals surface area contributed by atoms with Crippen LogP contribution in [-0.2, 0) is 4.79 Å². The van der Waals surface area contributed by atoms with Gasteiger partial charge in [-0.2, -0.15) is 4.98 Å². The Morgan fingerprint density at radius 3 is 2.54 bits per heavy atom. The van der Waals surface area contributed by atoms with Gasteiger partial charge in [-0.1, -0.05) is 29.4 Å². The fraction of sp³-hybridized carbons (Fsp3) is 0.550. The van der Waals surface area contributed by atoms with Crippen molar-refractivity contribution in [1.29, 1.82) is 0 Å². The van der Waals surface area contributed by atoms with E-state index >= 15 is 0 Å². The summed E-state index contributed by atoms with van der Waals surface area (Å²) < 4.78 is 5.50. The van der Waals surface area contributed by atoms with Crippen LogP contribution in [0.2, 0.25) is 0 Å². The van der Waals surface area contributed by atoms with E-state index in [-0.39, 0.29) is 5.92 Å². The number of aryl methyl sites for hydroxylation is 1. The second kappa shape index (κ2) is 7.48. The number of hydrogen-bond donors (Lipinski definition) is 0. The van der Waals surface area contributed by atoms with Crippen molar-refractivity contribution in [2.75, 3.05) is 31.1 Å². The molecule has 0 saturated carbocycles. The molecule has 4 rings (SSSR count). The predicted molar refractivity (Wildman–Crippen MR) is 99.8 cm³/mol. The van der Waals surface area contributed by atoms with Gasteiger partial charge >= 0.3 is 6.01 Å². The van der Waals surface area contributed by atoms with Crippen LogP contribution in [0, 0.1) is 12.8 Å². The second-order valence-corrected chi connectivity index (χ2v) is 7.36. The standard InChI is InChI=1S/C20H26N4O2/c1-15-7-3-4-8-17(15)18-21-20(26-22-18)24-13-9-16(10-14-24)19(25)23-11-5-2-6-12-23/h3-4,7-8,16H,2,5-6,9-14H2,1H3. The Morgan fingerprint density at radius 2 is 1.81 bits per heavy atom. The molecule has 2 fully saturated rings. The molecule has 6 heteroatoms. The molecule has 26 heavy (non-hydrogen) atoms. The van der Waals surface area contributed by atoms with Crippen LogP contribution in [0.3, 0.4) is 0 Å². The minimum Gasteiger partial charge on any atom is -0.342 e. The molecule has 1 amide bonds. The zero-order chi connectivity index (χ0) is 17.9. The number of rotatable bonds is 3. The smallest absolute Gasteiger partial charge is 0.324 e. The van der Waals surface area contributed by atoms with Gasteiger partial charge in [0.15, 0.2) is 0 Å². The topological polar surface area (TPSA) is 62.5 Å². The monoisotopic (exact) mass is 354 g/mol. The zero-order valence-corrected chi connectivity index (χ0v) is 15.4. The third-order valence-corrected chi connectivity index (χ3v) is 5.58. The summed E-state index contributed by atoms with van der Waals surface area (Å²) >= 11 is 0. The normalized spacial score (nSPS) is 19.0. The van der Waals surface area contributed by atoms with Gasteiger partial charge in [0.25, 0.3) is 0 Å². The number of carbonyl (C=O) groups excluding carboxylic acids is 1. The van der Waals surface area contributed by atoms with Crippen molar-refractivity contribution in [3.8, 4) is 11.4 Å². The molecule has 0 aliphatic carbocycles. The predicted octanol–water partition coefficient (Wildman–Crippen LogP) is 3.27. The van der Waals surface area contributed by atoms with Crippen LogP contribution in [0.4, 0.5) is 6.01 Å². The van der Waals surface area contributed by atoms with E-state index in [1.165, 1.54) is 6.42 Å². The van der Waals surface area contributed by atoms with E-state index in [2.05, 4.69) is 19.9 Å². The van der Waals surface area contributed by atoms with Gasteiger partial charge in [-0.15, -0.1) is 0 Å². The number of aromatic nitrogens is 2. The third-order valence-electron chi connectivity index (χ3n) is 5.58. The van der Waals surface area contributed by atoms with E-state index < -0.39 is 0 Å². The molecule has 6 nitrogen and oxygen atoms in total. The summed E-state index contributed by atoms with van der Waals surface area (Å²) in [5.41, 5.74) is 2.13. The van der Waals surface area contributed by atoms with E-state index in [4.69, 9.17) is 4.52 Å². The van der Waals surface area contributed by atoms with Crippen molar-refractivity contribution in [2.45, 2.75) is 39.0 Å². The van der Waals surface area contributed by atoms with Crippen LogP contribution < -0.4 is 4.90 Å². The molecule has 0 bridgehead atoms. The molecule has 138 valence electrons. The molecule has 0 N–H and O–H groups in total. The lowest BCUT2D eigenvalue weighted by atomic mass is 9.94. The van der Waals surface area contributed by atoms with Gasteiger partial charge in [0, 0.05) is 37.7 Å². The molecular formula is C20H26N4O2. The van der Waals surface area contributed by atoms with Crippen molar-refractivity contribution in [3.05, 3.63) is 29.8 Å². The lowest BCUT2D eigenvalue weighted by Gasteiger charge is -2.34. The number of nitrogens with zero attached hydrogens (tertiary/aromatic N) is 4. The molecule has 2 saturated heterocycles. The van der Waals surface area contributed by atoms with Crippen LogP contribution in [0.1, 0.15) is 37.7 Å². The van der Waals surface area contributed by atoms with Gasteiger partial charge in [0.1, 0.15) is 0 Å². The van der Waals surface area contributed by atoms with Crippen LogP contribution in [0.5, 0.6) is 0 Å². The molecular weight excluding hydrogens is 328 g/mol. The maximum atomic E-state index is 12.7. The number of likely N-dealkylation sites (tertiary alicyclic amines) is 1. The SMILES string of the molecule is Cc1ccccc1-c1noc(N2CCC(C(=O)N3CCCCC3)CC2)n1. The van der Waals surface area contributed by atoms with Gasteiger partial charge in [-0.25, -0.2) is 0 Å². The first-order valence-electron chi connectivity index (χ1n) is 9.66.